The molecular formula is C12H19N3O. The van der Waals surface area contributed by atoms with Gasteiger partial charge < -0.3 is 4.90 Å². The van der Waals surface area contributed by atoms with E-state index in [1.54, 1.807) is 6.08 Å². The molecule has 4 nitrogen and oxygen atoms in total. The highest BCUT2D eigenvalue weighted by Crippen LogP contribution is 2.17. The number of hydrogen-bond acceptors (Lipinski definition) is 3. The molecule has 2 unspecified atom stereocenters. The van der Waals surface area contributed by atoms with Gasteiger partial charge in [-0.05, 0) is 20.4 Å². The van der Waals surface area contributed by atoms with Crippen molar-refractivity contribution in [1.29, 1.82) is 5.26 Å². The van der Waals surface area contributed by atoms with Gasteiger partial charge in [-0.1, -0.05) is 6.08 Å². The lowest BCUT2D eigenvalue weighted by atomic mass is 10.1. The summed E-state index contributed by atoms with van der Waals surface area (Å²) in [7, 11) is 1.91. The number of likely N-dealkylation sites (N-methyl/N-ethyl adjacent to an activating group) is 1. The predicted octanol–water partition coefficient (Wildman–Crippen LogP) is 1.01. The molecule has 16 heavy (non-hydrogen) atoms. The molecule has 1 saturated heterocycles. The van der Waals surface area contributed by atoms with Crippen LogP contribution in [-0.4, -0.2) is 47.9 Å². The van der Waals surface area contributed by atoms with Gasteiger partial charge in [-0.15, -0.1) is 6.58 Å². The molecule has 4 heteroatoms. The quantitative estimate of drug-likeness (QED) is 0.668. The van der Waals surface area contributed by atoms with Crippen LogP contribution in [0.1, 0.15) is 19.8 Å². The molecule has 1 rings (SSSR count). The van der Waals surface area contributed by atoms with Crippen molar-refractivity contribution in [3.8, 4) is 6.07 Å². The molecule has 0 saturated carbocycles. The molecule has 1 aliphatic heterocycles. The van der Waals surface area contributed by atoms with Gasteiger partial charge in [-0.2, -0.15) is 5.26 Å². The smallest absolute Gasteiger partial charge is 0.241 e. The zero-order valence-electron chi connectivity index (χ0n) is 10.0. The maximum atomic E-state index is 12.2. The molecule has 1 heterocycles. The minimum Gasteiger partial charge on any atom is -0.335 e. The number of hydrogen-bond donors (Lipinski definition) is 0. The fourth-order valence-corrected chi connectivity index (χ4v) is 2.04. The van der Waals surface area contributed by atoms with Gasteiger partial charge in [0.2, 0.25) is 5.91 Å². The Balaban J connectivity index is 2.88. The van der Waals surface area contributed by atoms with Crippen LogP contribution in [0.4, 0.5) is 0 Å². The second-order valence-electron chi connectivity index (χ2n) is 4.28. The lowest BCUT2D eigenvalue weighted by Crippen LogP contribution is -2.46. The second-order valence-corrected chi connectivity index (χ2v) is 4.28. The van der Waals surface area contributed by atoms with E-state index in [1.807, 2.05) is 23.8 Å². The third-order valence-corrected chi connectivity index (χ3v) is 3.14. The average molecular weight is 221 g/mol. The fourth-order valence-electron chi connectivity index (χ4n) is 2.04. The van der Waals surface area contributed by atoms with Gasteiger partial charge in [0, 0.05) is 19.1 Å². The van der Waals surface area contributed by atoms with E-state index >= 15 is 0 Å². The summed E-state index contributed by atoms with van der Waals surface area (Å²) < 4.78 is 0. The summed E-state index contributed by atoms with van der Waals surface area (Å²) in [5.41, 5.74) is 0. The highest BCUT2D eigenvalue weighted by Gasteiger charge is 2.32. The topological polar surface area (TPSA) is 47.3 Å². The Morgan fingerprint density at radius 3 is 2.94 bits per heavy atom. The molecule has 0 aliphatic carbocycles. The van der Waals surface area contributed by atoms with Crippen molar-refractivity contribution in [2.75, 3.05) is 20.1 Å². The van der Waals surface area contributed by atoms with Crippen LogP contribution in [0.25, 0.3) is 0 Å². The summed E-state index contributed by atoms with van der Waals surface area (Å²) in [6, 6.07) is 2.01. The van der Waals surface area contributed by atoms with Crippen molar-refractivity contribution >= 4 is 5.91 Å². The molecule has 0 radical (unpaired) electrons. The summed E-state index contributed by atoms with van der Waals surface area (Å²) in [6.07, 6.45) is 2.94. The molecule has 0 bridgehead atoms. The van der Waals surface area contributed by atoms with Gasteiger partial charge in [0.15, 0.2) is 0 Å². The predicted molar refractivity (Wildman–Crippen MR) is 62.6 cm³/mol. The van der Waals surface area contributed by atoms with Gasteiger partial charge in [0.05, 0.1) is 12.5 Å². The highest BCUT2D eigenvalue weighted by atomic mass is 16.2. The first-order valence-corrected chi connectivity index (χ1v) is 5.60. The monoisotopic (exact) mass is 221 g/mol. The lowest BCUT2D eigenvalue weighted by Gasteiger charge is -2.28. The third kappa shape index (κ3) is 2.61. The summed E-state index contributed by atoms with van der Waals surface area (Å²) in [6.45, 7) is 7.14. The molecular weight excluding hydrogens is 202 g/mol. The summed E-state index contributed by atoms with van der Waals surface area (Å²) >= 11 is 0. The largest absolute Gasteiger partial charge is 0.335 e. The molecule has 1 fully saturated rings. The Hall–Kier alpha value is -1.34. The normalized spacial score (nSPS) is 27.3. The Morgan fingerprint density at radius 1 is 1.69 bits per heavy atom. The van der Waals surface area contributed by atoms with Crippen LogP contribution in [0, 0.1) is 11.3 Å². The maximum Gasteiger partial charge on any atom is 0.241 e. The Bertz CT molecular complexity index is 308. The molecule has 0 aromatic heterocycles. The van der Waals surface area contributed by atoms with Crippen molar-refractivity contribution in [1.82, 2.24) is 9.80 Å². The molecule has 0 N–H and O–H groups in total. The zero-order chi connectivity index (χ0) is 12.1. The minimum atomic E-state index is -0.296. The lowest BCUT2D eigenvalue weighted by molar-refractivity contribution is -0.135. The van der Waals surface area contributed by atoms with Crippen LogP contribution < -0.4 is 0 Å². The van der Waals surface area contributed by atoms with Gasteiger partial charge in [0.1, 0.15) is 6.04 Å². The van der Waals surface area contributed by atoms with Crippen molar-refractivity contribution in [3.63, 3.8) is 0 Å². The summed E-state index contributed by atoms with van der Waals surface area (Å²) in [5.74, 6) is 0.0500. The van der Waals surface area contributed by atoms with Crippen LogP contribution in [0.3, 0.4) is 0 Å². The number of nitrogens with zero attached hydrogens (tertiary/aromatic N) is 3. The molecule has 0 spiro atoms. The molecule has 0 aromatic rings. The standard InChI is InChI=1S/C12H19N3O/c1-4-8-15-10(2)6-9-14(3)11(5-7-13)12(15)16/h4,10-11H,1,5-6,8-9H2,2-3H3. The van der Waals surface area contributed by atoms with E-state index in [9.17, 15) is 4.79 Å². The summed E-state index contributed by atoms with van der Waals surface area (Å²) in [4.78, 5) is 16.0. The first-order chi connectivity index (χ1) is 7.61. The van der Waals surface area contributed by atoms with Crippen LogP contribution in [0.15, 0.2) is 12.7 Å². The number of carbonyl (C=O) groups is 1. The maximum absolute atomic E-state index is 12.2. The van der Waals surface area contributed by atoms with Crippen LogP contribution in [0.2, 0.25) is 0 Å². The Morgan fingerprint density at radius 2 is 2.38 bits per heavy atom. The first kappa shape index (κ1) is 12.7. The molecule has 1 amide bonds. The molecule has 2 atom stereocenters. The number of nitriles is 1. The Kier molecular flexibility index (Phi) is 4.51. The van der Waals surface area contributed by atoms with E-state index in [1.165, 1.54) is 0 Å². The van der Waals surface area contributed by atoms with E-state index in [2.05, 4.69) is 12.6 Å². The molecule has 1 aliphatic rings. The van der Waals surface area contributed by atoms with Crippen molar-refractivity contribution in [2.45, 2.75) is 31.8 Å². The first-order valence-electron chi connectivity index (χ1n) is 5.60. The van der Waals surface area contributed by atoms with E-state index in [4.69, 9.17) is 5.26 Å². The highest BCUT2D eigenvalue weighted by molar-refractivity contribution is 5.82. The van der Waals surface area contributed by atoms with Crippen LogP contribution in [0.5, 0.6) is 0 Å². The van der Waals surface area contributed by atoms with E-state index in [-0.39, 0.29) is 24.4 Å². The number of rotatable bonds is 3. The van der Waals surface area contributed by atoms with Gasteiger partial charge >= 0.3 is 0 Å². The SMILES string of the molecule is C=CCN1C(=O)C(CC#N)N(C)CCC1C. The van der Waals surface area contributed by atoms with Crippen molar-refractivity contribution in [3.05, 3.63) is 12.7 Å². The number of amides is 1. The van der Waals surface area contributed by atoms with Gasteiger partial charge in [-0.25, -0.2) is 0 Å². The van der Waals surface area contributed by atoms with Gasteiger partial charge in [0.25, 0.3) is 0 Å². The van der Waals surface area contributed by atoms with Crippen LogP contribution >= 0.6 is 0 Å². The van der Waals surface area contributed by atoms with Crippen molar-refractivity contribution in [2.24, 2.45) is 0 Å². The fraction of sp³-hybridized carbons (Fsp3) is 0.667. The third-order valence-electron chi connectivity index (χ3n) is 3.14. The van der Waals surface area contributed by atoms with Gasteiger partial charge in [-0.3, -0.25) is 9.69 Å². The van der Waals surface area contributed by atoms with E-state index < -0.39 is 0 Å². The average Bonchev–Trinajstić information content (AvgIpc) is 2.36. The van der Waals surface area contributed by atoms with E-state index in [0.717, 1.165) is 13.0 Å². The molecule has 88 valence electrons. The zero-order valence-corrected chi connectivity index (χ0v) is 10.0. The number of carbonyl (C=O) groups excluding carboxylic acids is 1. The Labute approximate surface area is 97.1 Å². The van der Waals surface area contributed by atoms with E-state index in [0.29, 0.717) is 6.54 Å². The minimum absolute atomic E-state index is 0.0500. The van der Waals surface area contributed by atoms with Crippen LogP contribution in [-0.2, 0) is 4.79 Å². The molecule has 0 aromatic carbocycles. The summed E-state index contributed by atoms with van der Waals surface area (Å²) in [5, 5.41) is 8.76. The van der Waals surface area contributed by atoms with Crippen molar-refractivity contribution < 1.29 is 4.79 Å². The second kappa shape index (κ2) is 5.66.